The molecule has 0 aliphatic carbocycles. The zero-order chi connectivity index (χ0) is 16.8. The number of amides is 1. The van der Waals surface area contributed by atoms with Gasteiger partial charge >= 0.3 is 0 Å². The molecule has 0 radical (unpaired) electrons. The number of nitrogens with one attached hydrogen (secondary N) is 2. The van der Waals surface area contributed by atoms with Crippen LogP contribution in [0.4, 0.5) is 0 Å². The van der Waals surface area contributed by atoms with E-state index in [4.69, 9.17) is 0 Å². The number of hydrogen-bond acceptors (Lipinski definition) is 5. The van der Waals surface area contributed by atoms with E-state index in [9.17, 15) is 9.59 Å². The minimum absolute atomic E-state index is 0.0258. The quantitative estimate of drug-likeness (QED) is 0.735. The minimum atomic E-state index is -0.525. The van der Waals surface area contributed by atoms with E-state index in [-0.39, 0.29) is 5.56 Å². The second-order valence-corrected chi connectivity index (χ2v) is 5.06. The number of H-pyrrole nitrogens is 1. The highest BCUT2D eigenvalue weighted by molar-refractivity contribution is 5.94. The van der Waals surface area contributed by atoms with E-state index in [0.717, 1.165) is 11.3 Å². The highest BCUT2D eigenvalue weighted by atomic mass is 16.2. The van der Waals surface area contributed by atoms with Crippen LogP contribution in [0.25, 0.3) is 11.3 Å². The summed E-state index contributed by atoms with van der Waals surface area (Å²) in [5.74, 6) is -0.440. The van der Waals surface area contributed by atoms with Crippen LogP contribution in [-0.2, 0) is 6.42 Å². The molecule has 7 heteroatoms. The third-order valence-electron chi connectivity index (χ3n) is 3.42. The van der Waals surface area contributed by atoms with Gasteiger partial charge in [0.1, 0.15) is 5.56 Å². The van der Waals surface area contributed by atoms with Gasteiger partial charge in [-0.2, -0.15) is 5.10 Å². The van der Waals surface area contributed by atoms with Gasteiger partial charge in [-0.1, -0.05) is 6.07 Å². The number of carbonyl (C=O) groups excluding carboxylic acids is 1. The van der Waals surface area contributed by atoms with E-state index >= 15 is 0 Å². The summed E-state index contributed by atoms with van der Waals surface area (Å²) in [6, 6.07) is 10.6. The number of carbonyl (C=O) groups is 1. The number of nitrogens with zero attached hydrogens (tertiary/aromatic N) is 3. The molecule has 3 heterocycles. The Hall–Kier alpha value is -3.35. The van der Waals surface area contributed by atoms with Gasteiger partial charge in [-0.3, -0.25) is 19.6 Å². The lowest BCUT2D eigenvalue weighted by Gasteiger charge is -2.06. The van der Waals surface area contributed by atoms with Gasteiger partial charge in [-0.25, -0.2) is 5.10 Å². The van der Waals surface area contributed by atoms with Crippen molar-refractivity contribution in [1.29, 1.82) is 0 Å². The molecule has 0 bridgehead atoms. The number of pyridine rings is 2. The first kappa shape index (κ1) is 15.5. The first-order valence-electron chi connectivity index (χ1n) is 7.42. The molecule has 0 aliphatic rings. The maximum Gasteiger partial charge on any atom is 0.277 e. The number of aromatic nitrogens is 4. The van der Waals surface area contributed by atoms with Gasteiger partial charge in [0, 0.05) is 42.8 Å². The molecule has 0 unspecified atom stereocenters. The Morgan fingerprint density at radius 2 is 1.96 bits per heavy atom. The van der Waals surface area contributed by atoms with Crippen molar-refractivity contribution in [3.63, 3.8) is 0 Å². The lowest BCUT2D eigenvalue weighted by molar-refractivity contribution is 0.0952. The van der Waals surface area contributed by atoms with E-state index in [2.05, 4.69) is 25.5 Å². The average Bonchev–Trinajstić information content (AvgIpc) is 2.63. The van der Waals surface area contributed by atoms with E-state index in [1.807, 2.05) is 18.2 Å². The van der Waals surface area contributed by atoms with Crippen LogP contribution in [0.3, 0.4) is 0 Å². The monoisotopic (exact) mass is 321 g/mol. The predicted octanol–water partition coefficient (Wildman–Crippen LogP) is 1.20. The Morgan fingerprint density at radius 3 is 2.71 bits per heavy atom. The second-order valence-electron chi connectivity index (χ2n) is 5.06. The fourth-order valence-electron chi connectivity index (χ4n) is 2.19. The Labute approximate surface area is 137 Å². The van der Waals surface area contributed by atoms with E-state index in [0.29, 0.717) is 18.7 Å². The molecule has 1 amide bonds. The van der Waals surface area contributed by atoms with Crippen molar-refractivity contribution in [2.75, 3.05) is 6.54 Å². The Bertz CT molecular complexity index is 878. The van der Waals surface area contributed by atoms with Crippen LogP contribution in [0, 0.1) is 0 Å². The molecule has 0 aromatic carbocycles. The lowest BCUT2D eigenvalue weighted by Crippen LogP contribution is -2.31. The summed E-state index contributed by atoms with van der Waals surface area (Å²) in [6.07, 6.45) is 5.53. The molecular weight excluding hydrogens is 306 g/mol. The van der Waals surface area contributed by atoms with Crippen molar-refractivity contribution >= 4 is 5.91 Å². The van der Waals surface area contributed by atoms with Crippen LogP contribution < -0.4 is 10.9 Å². The van der Waals surface area contributed by atoms with Crippen LogP contribution >= 0.6 is 0 Å². The largest absolute Gasteiger partial charge is 0.351 e. The molecule has 0 saturated carbocycles. The summed E-state index contributed by atoms with van der Waals surface area (Å²) in [7, 11) is 0. The number of rotatable bonds is 5. The Morgan fingerprint density at radius 1 is 1.12 bits per heavy atom. The summed E-state index contributed by atoms with van der Waals surface area (Å²) in [5.41, 5.74) is 1.65. The first-order valence-corrected chi connectivity index (χ1v) is 7.42. The smallest absolute Gasteiger partial charge is 0.277 e. The van der Waals surface area contributed by atoms with Crippen molar-refractivity contribution in [1.82, 2.24) is 25.5 Å². The maximum atomic E-state index is 12.2. The molecule has 0 atom stereocenters. The van der Waals surface area contributed by atoms with Crippen molar-refractivity contribution in [2.24, 2.45) is 0 Å². The normalized spacial score (nSPS) is 10.3. The molecule has 0 saturated heterocycles. The summed E-state index contributed by atoms with van der Waals surface area (Å²) in [4.78, 5) is 32.2. The molecule has 120 valence electrons. The molecule has 24 heavy (non-hydrogen) atoms. The van der Waals surface area contributed by atoms with E-state index in [1.54, 1.807) is 30.7 Å². The molecular formula is C17H15N5O2. The van der Waals surface area contributed by atoms with Crippen LogP contribution in [-0.4, -0.2) is 32.6 Å². The molecule has 0 fully saturated rings. The SMILES string of the molecule is O=C(NCCc1ccccn1)c1cc(-c2ccncc2)n[nH]c1=O. The highest BCUT2D eigenvalue weighted by Gasteiger charge is 2.12. The number of aromatic amines is 1. The van der Waals surface area contributed by atoms with Gasteiger partial charge in [-0.05, 0) is 30.3 Å². The van der Waals surface area contributed by atoms with Gasteiger partial charge in [-0.15, -0.1) is 0 Å². The standard InChI is InChI=1S/C17H15N5O2/c23-16(20-10-6-13-3-1-2-7-19-13)14-11-15(21-22-17(14)24)12-4-8-18-9-5-12/h1-5,7-9,11H,6,10H2,(H,20,23)(H,22,24). The van der Waals surface area contributed by atoms with Gasteiger partial charge in [0.2, 0.25) is 0 Å². The maximum absolute atomic E-state index is 12.2. The van der Waals surface area contributed by atoms with Gasteiger partial charge in [0.15, 0.2) is 0 Å². The Kier molecular flexibility index (Phi) is 4.71. The average molecular weight is 321 g/mol. The summed E-state index contributed by atoms with van der Waals surface area (Å²) in [5, 5.41) is 9.05. The van der Waals surface area contributed by atoms with Crippen LogP contribution in [0.2, 0.25) is 0 Å². The third kappa shape index (κ3) is 3.70. The lowest BCUT2D eigenvalue weighted by atomic mass is 10.1. The van der Waals surface area contributed by atoms with Crippen molar-refractivity contribution < 1.29 is 4.79 Å². The van der Waals surface area contributed by atoms with Gasteiger partial charge < -0.3 is 5.32 Å². The van der Waals surface area contributed by atoms with Gasteiger partial charge in [0.25, 0.3) is 11.5 Å². The van der Waals surface area contributed by atoms with Crippen LogP contribution in [0.5, 0.6) is 0 Å². The fraction of sp³-hybridized carbons (Fsp3) is 0.118. The minimum Gasteiger partial charge on any atom is -0.351 e. The third-order valence-corrected chi connectivity index (χ3v) is 3.42. The summed E-state index contributed by atoms with van der Waals surface area (Å²) < 4.78 is 0. The topological polar surface area (TPSA) is 101 Å². The van der Waals surface area contributed by atoms with Gasteiger partial charge in [0.05, 0.1) is 5.69 Å². The second kappa shape index (κ2) is 7.28. The molecule has 0 spiro atoms. The Balaban J connectivity index is 1.71. The first-order chi connectivity index (χ1) is 11.7. The highest BCUT2D eigenvalue weighted by Crippen LogP contribution is 2.14. The molecule has 0 aliphatic heterocycles. The molecule has 2 N–H and O–H groups in total. The van der Waals surface area contributed by atoms with Crippen LogP contribution in [0.1, 0.15) is 16.1 Å². The summed E-state index contributed by atoms with van der Waals surface area (Å²) >= 11 is 0. The van der Waals surface area contributed by atoms with Crippen LogP contribution in [0.15, 0.2) is 59.8 Å². The fourth-order valence-corrected chi connectivity index (χ4v) is 2.19. The van der Waals surface area contributed by atoms with Crippen molar-refractivity contribution in [3.8, 4) is 11.3 Å². The van der Waals surface area contributed by atoms with E-state index < -0.39 is 11.5 Å². The molecule has 7 nitrogen and oxygen atoms in total. The number of hydrogen-bond donors (Lipinski definition) is 2. The molecule has 3 aromatic rings. The predicted molar refractivity (Wildman–Crippen MR) is 88.4 cm³/mol. The summed E-state index contributed by atoms with van der Waals surface area (Å²) in [6.45, 7) is 0.391. The zero-order valence-electron chi connectivity index (χ0n) is 12.8. The van der Waals surface area contributed by atoms with Crippen molar-refractivity contribution in [2.45, 2.75) is 6.42 Å². The van der Waals surface area contributed by atoms with E-state index in [1.165, 1.54) is 6.07 Å². The molecule has 3 rings (SSSR count). The van der Waals surface area contributed by atoms with Crippen molar-refractivity contribution in [3.05, 3.63) is 76.6 Å². The molecule has 3 aromatic heterocycles. The zero-order valence-corrected chi connectivity index (χ0v) is 12.8.